The number of aromatic nitrogens is 2. The first kappa shape index (κ1) is 10.4. The third kappa shape index (κ3) is 3.69. The van der Waals surface area contributed by atoms with E-state index in [-0.39, 0.29) is 6.42 Å². The molecule has 0 fully saturated rings. The second-order valence-corrected chi connectivity index (χ2v) is 3.20. The topological polar surface area (TPSA) is 51.8 Å². The van der Waals surface area contributed by atoms with Crippen molar-refractivity contribution >= 4 is 11.5 Å². The Morgan fingerprint density at radius 1 is 1.54 bits per heavy atom. The van der Waals surface area contributed by atoms with E-state index in [4.69, 9.17) is 5.73 Å². The zero-order valence-corrected chi connectivity index (χ0v) is 7.40. The van der Waals surface area contributed by atoms with Crippen molar-refractivity contribution in [2.45, 2.75) is 25.1 Å². The van der Waals surface area contributed by atoms with Gasteiger partial charge in [0.05, 0.1) is 11.7 Å². The first-order valence-electron chi connectivity index (χ1n) is 3.58. The monoisotopic (exact) mass is 211 g/mol. The van der Waals surface area contributed by atoms with Gasteiger partial charge in [0.25, 0.3) is 0 Å². The molecule has 0 spiro atoms. The van der Waals surface area contributed by atoms with Crippen molar-refractivity contribution in [3.05, 3.63) is 11.1 Å². The number of rotatable bonds is 3. The lowest BCUT2D eigenvalue weighted by Crippen LogP contribution is -2.16. The largest absolute Gasteiger partial charge is 0.389 e. The lowest BCUT2D eigenvalue weighted by atomic mass is 10.1. The highest BCUT2D eigenvalue weighted by molar-refractivity contribution is 7.03. The molecule has 1 unspecified atom stereocenters. The second-order valence-electron chi connectivity index (χ2n) is 2.59. The molecule has 0 aliphatic rings. The van der Waals surface area contributed by atoms with E-state index in [9.17, 15) is 13.2 Å². The maximum Gasteiger partial charge on any atom is 0.389 e. The van der Waals surface area contributed by atoms with Crippen molar-refractivity contribution < 1.29 is 13.2 Å². The third-order valence-electron chi connectivity index (χ3n) is 1.50. The molecule has 0 radical (unpaired) electrons. The van der Waals surface area contributed by atoms with E-state index in [2.05, 4.69) is 9.59 Å². The SMILES string of the molecule is NC(CCC(F)(F)F)c1csnn1. The summed E-state index contributed by atoms with van der Waals surface area (Å²) < 4.78 is 38.8. The highest BCUT2D eigenvalue weighted by Crippen LogP contribution is 2.25. The zero-order valence-electron chi connectivity index (χ0n) is 6.58. The molecule has 13 heavy (non-hydrogen) atoms. The predicted octanol–water partition coefficient (Wildman–Crippen LogP) is 1.88. The van der Waals surface area contributed by atoms with Crippen LogP contribution in [0.5, 0.6) is 0 Å². The van der Waals surface area contributed by atoms with Gasteiger partial charge in [0.15, 0.2) is 0 Å². The standard InChI is InChI=1S/C6H8F3N3S/c7-6(8,9)2-1-4(10)5-3-13-12-11-5/h3-4H,1-2,10H2. The highest BCUT2D eigenvalue weighted by Gasteiger charge is 2.28. The van der Waals surface area contributed by atoms with E-state index >= 15 is 0 Å². The van der Waals surface area contributed by atoms with Crippen molar-refractivity contribution in [1.82, 2.24) is 9.59 Å². The van der Waals surface area contributed by atoms with Crippen molar-refractivity contribution in [3.8, 4) is 0 Å². The van der Waals surface area contributed by atoms with Gasteiger partial charge in [-0.1, -0.05) is 4.49 Å². The Hall–Kier alpha value is -0.690. The van der Waals surface area contributed by atoms with Gasteiger partial charge in [-0.2, -0.15) is 13.2 Å². The van der Waals surface area contributed by atoms with Gasteiger partial charge in [-0.3, -0.25) is 0 Å². The average Bonchev–Trinajstić information content (AvgIpc) is 2.50. The summed E-state index contributed by atoms with van der Waals surface area (Å²) in [6.07, 6.45) is -5.18. The second kappa shape index (κ2) is 4.01. The lowest BCUT2D eigenvalue weighted by Gasteiger charge is -2.09. The Bertz CT molecular complexity index is 246. The summed E-state index contributed by atoms with van der Waals surface area (Å²) in [5, 5.41) is 5.15. The molecule has 1 aromatic rings. The van der Waals surface area contributed by atoms with Crippen LogP contribution in [0.25, 0.3) is 0 Å². The Kier molecular flexibility index (Phi) is 3.21. The average molecular weight is 211 g/mol. The molecule has 1 aromatic heterocycles. The van der Waals surface area contributed by atoms with Crippen LogP contribution in [0.2, 0.25) is 0 Å². The number of nitrogens with two attached hydrogens (primary N) is 1. The molecule has 0 aliphatic heterocycles. The maximum absolute atomic E-state index is 11.8. The highest BCUT2D eigenvalue weighted by atomic mass is 32.1. The van der Waals surface area contributed by atoms with Crippen LogP contribution in [0.1, 0.15) is 24.6 Å². The van der Waals surface area contributed by atoms with Crippen LogP contribution in [-0.4, -0.2) is 15.8 Å². The molecule has 7 heteroatoms. The van der Waals surface area contributed by atoms with Crippen LogP contribution in [-0.2, 0) is 0 Å². The Morgan fingerprint density at radius 3 is 2.69 bits per heavy atom. The maximum atomic E-state index is 11.8. The van der Waals surface area contributed by atoms with E-state index in [0.717, 1.165) is 11.5 Å². The third-order valence-corrected chi connectivity index (χ3v) is 2.02. The molecule has 0 saturated heterocycles. The van der Waals surface area contributed by atoms with Crippen molar-refractivity contribution in [2.75, 3.05) is 0 Å². The molecule has 1 heterocycles. The molecular formula is C6H8F3N3S. The minimum Gasteiger partial charge on any atom is -0.323 e. The fraction of sp³-hybridized carbons (Fsp3) is 0.667. The fourth-order valence-electron chi connectivity index (χ4n) is 0.800. The van der Waals surface area contributed by atoms with Crippen molar-refractivity contribution in [3.63, 3.8) is 0 Å². The summed E-state index contributed by atoms with van der Waals surface area (Å²) >= 11 is 1.08. The molecular weight excluding hydrogens is 203 g/mol. The first-order valence-corrected chi connectivity index (χ1v) is 4.42. The smallest absolute Gasteiger partial charge is 0.323 e. The summed E-state index contributed by atoms with van der Waals surface area (Å²) in [4.78, 5) is 0. The van der Waals surface area contributed by atoms with E-state index in [0.29, 0.717) is 5.69 Å². The number of hydrogen-bond donors (Lipinski definition) is 1. The summed E-state index contributed by atoms with van der Waals surface area (Å²) in [7, 11) is 0. The summed E-state index contributed by atoms with van der Waals surface area (Å²) in [5.74, 6) is 0. The van der Waals surface area contributed by atoms with Gasteiger partial charge in [-0.25, -0.2) is 0 Å². The van der Waals surface area contributed by atoms with E-state index in [1.54, 1.807) is 5.38 Å². The van der Waals surface area contributed by atoms with E-state index in [1.165, 1.54) is 0 Å². The number of nitrogens with zero attached hydrogens (tertiary/aromatic N) is 2. The Morgan fingerprint density at radius 2 is 2.23 bits per heavy atom. The van der Waals surface area contributed by atoms with Crippen LogP contribution < -0.4 is 5.73 Å². The predicted molar refractivity (Wildman–Crippen MR) is 42.1 cm³/mol. The van der Waals surface area contributed by atoms with Gasteiger partial charge < -0.3 is 5.73 Å². The number of alkyl halides is 3. The minimum atomic E-state index is -4.15. The first-order chi connectivity index (χ1) is 5.99. The van der Waals surface area contributed by atoms with Crippen LogP contribution in [0.3, 0.4) is 0 Å². The van der Waals surface area contributed by atoms with E-state index in [1.807, 2.05) is 0 Å². The van der Waals surface area contributed by atoms with Crippen LogP contribution in [0, 0.1) is 0 Å². The van der Waals surface area contributed by atoms with Gasteiger partial charge in [0, 0.05) is 11.8 Å². The van der Waals surface area contributed by atoms with Gasteiger partial charge in [0.1, 0.15) is 0 Å². The fourth-order valence-corrected chi connectivity index (χ4v) is 1.32. The van der Waals surface area contributed by atoms with Gasteiger partial charge >= 0.3 is 6.18 Å². The number of halogens is 3. The summed E-state index contributed by atoms with van der Waals surface area (Å²) in [6, 6.07) is -0.666. The minimum absolute atomic E-state index is 0.144. The Balaban J connectivity index is 2.39. The zero-order chi connectivity index (χ0) is 9.90. The normalized spacial score (nSPS) is 14.5. The molecule has 0 bridgehead atoms. The summed E-state index contributed by atoms with van der Waals surface area (Å²) in [6.45, 7) is 0. The van der Waals surface area contributed by atoms with Gasteiger partial charge in [-0.05, 0) is 18.0 Å². The quantitative estimate of drug-likeness (QED) is 0.830. The molecule has 0 saturated carbocycles. The van der Waals surface area contributed by atoms with Gasteiger partial charge in [0.2, 0.25) is 0 Å². The number of hydrogen-bond acceptors (Lipinski definition) is 4. The molecule has 1 rings (SSSR count). The molecule has 74 valence electrons. The molecule has 0 aliphatic carbocycles. The van der Waals surface area contributed by atoms with Crippen LogP contribution in [0.15, 0.2) is 5.38 Å². The summed E-state index contributed by atoms with van der Waals surface area (Å²) in [5.41, 5.74) is 5.88. The molecule has 1 atom stereocenters. The lowest BCUT2D eigenvalue weighted by molar-refractivity contribution is -0.136. The van der Waals surface area contributed by atoms with E-state index < -0.39 is 18.6 Å². The molecule has 0 amide bonds. The van der Waals surface area contributed by atoms with Crippen molar-refractivity contribution in [1.29, 1.82) is 0 Å². The Labute approximate surface area is 76.9 Å². The van der Waals surface area contributed by atoms with Crippen LogP contribution >= 0.6 is 11.5 Å². The van der Waals surface area contributed by atoms with Crippen LogP contribution in [0.4, 0.5) is 13.2 Å². The van der Waals surface area contributed by atoms with Gasteiger partial charge in [-0.15, -0.1) is 5.10 Å². The molecule has 2 N–H and O–H groups in total. The molecule has 3 nitrogen and oxygen atoms in total. The molecule has 0 aromatic carbocycles. The van der Waals surface area contributed by atoms with Crippen molar-refractivity contribution in [2.24, 2.45) is 5.73 Å².